The van der Waals surface area contributed by atoms with E-state index in [4.69, 9.17) is 0 Å². The summed E-state index contributed by atoms with van der Waals surface area (Å²) in [6, 6.07) is 8.08. The second-order valence-corrected chi connectivity index (χ2v) is 5.65. The minimum Gasteiger partial charge on any atom is -0.352 e. The Kier molecular flexibility index (Phi) is 6.42. The average Bonchev–Trinajstić information content (AvgIpc) is 2.35. The number of nitrogens with one attached hydrogen (secondary N) is 2. The van der Waals surface area contributed by atoms with Crippen LogP contribution in [-0.4, -0.2) is 30.2 Å². The van der Waals surface area contributed by atoms with E-state index in [0.717, 1.165) is 4.90 Å². The molecular weight excluding hydrogens is 260 g/mol. The van der Waals surface area contributed by atoms with Gasteiger partial charge >= 0.3 is 0 Å². The van der Waals surface area contributed by atoms with Crippen LogP contribution in [0.1, 0.15) is 19.4 Å². The van der Waals surface area contributed by atoms with Gasteiger partial charge in [0.1, 0.15) is 0 Å². The topological polar surface area (TPSA) is 58.2 Å². The molecule has 19 heavy (non-hydrogen) atoms. The Morgan fingerprint density at radius 2 is 1.79 bits per heavy atom. The maximum Gasteiger partial charge on any atom is 0.239 e. The van der Waals surface area contributed by atoms with Crippen molar-refractivity contribution in [1.82, 2.24) is 10.6 Å². The van der Waals surface area contributed by atoms with E-state index in [2.05, 4.69) is 10.6 Å². The molecule has 2 amide bonds. The summed E-state index contributed by atoms with van der Waals surface area (Å²) in [6.45, 7) is 5.82. The minimum atomic E-state index is -0.163. The molecule has 0 fully saturated rings. The predicted molar refractivity (Wildman–Crippen MR) is 78.2 cm³/mol. The SMILES string of the molecule is Cc1ccc(SCC(=O)NCC(=O)NC(C)C)cc1. The van der Waals surface area contributed by atoms with Crippen LogP contribution in [0.5, 0.6) is 0 Å². The second-order valence-electron chi connectivity index (χ2n) is 4.60. The largest absolute Gasteiger partial charge is 0.352 e. The van der Waals surface area contributed by atoms with Gasteiger partial charge in [0, 0.05) is 10.9 Å². The number of carbonyl (C=O) groups excluding carboxylic acids is 2. The Morgan fingerprint density at radius 3 is 2.37 bits per heavy atom. The molecule has 0 saturated carbocycles. The fraction of sp³-hybridized carbons (Fsp3) is 0.429. The molecule has 0 aliphatic carbocycles. The van der Waals surface area contributed by atoms with E-state index in [-0.39, 0.29) is 24.4 Å². The van der Waals surface area contributed by atoms with E-state index in [1.165, 1.54) is 17.3 Å². The highest BCUT2D eigenvalue weighted by Gasteiger charge is 2.06. The third-order valence-electron chi connectivity index (χ3n) is 2.29. The number of carbonyl (C=O) groups is 2. The molecule has 4 nitrogen and oxygen atoms in total. The Labute approximate surface area is 118 Å². The summed E-state index contributed by atoms with van der Waals surface area (Å²) in [5.41, 5.74) is 1.19. The van der Waals surface area contributed by atoms with Crippen molar-refractivity contribution in [2.75, 3.05) is 12.3 Å². The first-order chi connectivity index (χ1) is 8.97. The van der Waals surface area contributed by atoms with Crippen molar-refractivity contribution in [1.29, 1.82) is 0 Å². The van der Waals surface area contributed by atoms with Crippen molar-refractivity contribution >= 4 is 23.6 Å². The van der Waals surface area contributed by atoms with Crippen LogP contribution in [0.2, 0.25) is 0 Å². The van der Waals surface area contributed by atoms with Crippen molar-refractivity contribution in [2.45, 2.75) is 31.7 Å². The maximum absolute atomic E-state index is 11.6. The molecule has 0 unspecified atom stereocenters. The van der Waals surface area contributed by atoms with E-state index in [1.54, 1.807) is 0 Å². The molecular formula is C14H20N2O2S. The number of benzene rings is 1. The van der Waals surface area contributed by atoms with E-state index >= 15 is 0 Å². The second kappa shape index (κ2) is 7.84. The predicted octanol–water partition coefficient (Wildman–Crippen LogP) is 1.73. The van der Waals surface area contributed by atoms with Gasteiger partial charge in [-0.2, -0.15) is 0 Å². The van der Waals surface area contributed by atoms with Crippen LogP contribution in [0.4, 0.5) is 0 Å². The van der Waals surface area contributed by atoms with Gasteiger partial charge in [0.2, 0.25) is 11.8 Å². The van der Waals surface area contributed by atoms with Crippen LogP contribution < -0.4 is 10.6 Å². The summed E-state index contributed by atoms with van der Waals surface area (Å²) in [7, 11) is 0. The molecule has 1 aromatic rings. The number of hydrogen-bond donors (Lipinski definition) is 2. The number of aryl methyl sites for hydroxylation is 1. The molecule has 0 saturated heterocycles. The first-order valence-electron chi connectivity index (χ1n) is 6.23. The van der Waals surface area contributed by atoms with Gasteiger partial charge in [-0.25, -0.2) is 0 Å². The monoisotopic (exact) mass is 280 g/mol. The Morgan fingerprint density at radius 1 is 1.16 bits per heavy atom. The average molecular weight is 280 g/mol. The van der Waals surface area contributed by atoms with Gasteiger partial charge in [-0.1, -0.05) is 17.7 Å². The molecule has 0 aliphatic rings. The summed E-state index contributed by atoms with van der Waals surface area (Å²) in [4.78, 5) is 23.9. The van der Waals surface area contributed by atoms with Crippen molar-refractivity contribution in [3.8, 4) is 0 Å². The third-order valence-corrected chi connectivity index (χ3v) is 3.30. The molecule has 0 aliphatic heterocycles. The fourth-order valence-corrected chi connectivity index (χ4v) is 2.11. The summed E-state index contributed by atoms with van der Waals surface area (Å²) in [5, 5.41) is 5.32. The smallest absolute Gasteiger partial charge is 0.239 e. The Balaban J connectivity index is 2.24. The van der Waals surface area contributed by atoms with Crippen LogP contribution in [-0.2, 0) is 9.59 Å². The van der Waals surface area contributed by atoms with E-state index in [9.17, 15) is 9.59 Å². The van der Waals surface area contributed by atoms with Gasteiger partial charge in [0.25, 0.3) is 0 Å². The highest BCUT2D eigenvalue weighted by Crippen LogP contribution is 2.17. The van der Waals surface area contributed by atoms with Gasteiger partial charge in [0.05, 0.1) is 12.3 Å². The van der Waals surface area contributed by atoms with Gasteiger partial charge < -0.3 is 10.6 Å². The fourth-order valence-electron chi connectivity index (χ4n) is 1.39. The number of hydrogen-bond acceptors (Lipinski definition) is 3. The van der Waals surface area contributed by atoms with Crippen LogP contribution >= 0.6 is 11.8 Å². The lowest BCUT2D eigenvalue weighted by Gasteiger charge is -2.09. The quantitative estimate of drug-likeness (QED) is 0.780. The van der Waals surface area contributed by atoms with Crippen LogP contribution in [0.25, 0.3) is 0 Å². The molecule has 1 rings (SSSR count). The van der Waals surface area contributed by atoms with E-state index < -0.39 is 0 Å². The standard InChI is InChI=1S/C14H20N2O2S/c1-10(2)16-13(17)8-15-14(18)9-19-12-6-4-11(3)5-7-12/h4-7,10H,8-9H2,1-3H3,(H,15,18)(H,16,17). The van der Waals surface area contributed by atoms with Crippen LogP contribution in [0.3, 0.4) is 0 Å². The highest BCUT2D eigenvalue weighted by molar-refractivity contribution is 8.00. The summed E-state index contributed by atoms with van der Waals surface area (Å²) in [6.07, 6.45) is 0. The number of thioether (sulfide) groups is 1. The summed E-state index contributed by atoms with van der Waals surface area (Å²) in [5.74, 6) is 0.0195. The molecule has 0 aromatic heterocycles. The van der Waals surface area contributed by atoms with Gasteiger partial charge in [-0.15, -0.1) is 11.8 Å². The van der Waals surface area contributed by atoms with Crippen molar-refractivity contribution in [3.05, 3.63) is 29.8 Å². The highest BCUT2D eigenvalue weighted by atomic mass is 32.2. The van der Waals surface area contributed by atoms with E-state index in [0.29, 0.717) is 5.75 Å². The van der Waals surface area contributed by atoms with Crippen LogP contribution in [0, 0.1) is 6.92 Å². The molecule has 104 valence electrons. The van der Waals surface area contributed by atoms with Crippen molar-refractivity contribution in [3.63, 3.8) is 0 Å². The van der Waals surface area contributed by atoms with Gasteiger partial charge in [-0.05, 0) is 32.9 Å². The maximum atomic E-state index is 11.6. The Hall–Kier alpha value is -1.49. The Bertz CT molecular complexity index is 430. The molecule has 0 atom stereocenters. The van der Waals surface area contributed by atoms with Crippen molar-refractivity contribution in [2.24, 2.45) is 0 Å². The van der Waals surface area contributed by atoms with Gasteiger partial charge in [-0.3, -0.25) is 9.59 Å². The zero-order chi connectivity index (χ0) is 14.3. The molecule has 0 bridgehead atoms. The molecule has 0 radical (unpaired) electrons. The van der Waals surface area contributed by atoms with Crippen LogP contribution in [0.15, 0.2) is 29.2 Å². The lowest BCUT2D eigenvalue weighted by Crippen LogP contribution is -2.40. The lowest BCUT2D eigenvalue weighted by atomic mass is 10.2. The molecule has 2 N–H and O–H groups in total. The first-order valence-corrected chi connectivity index (χ1v) is 7.21. The summed E-state index contributed by atoms with van der Waals surface area (Å²) >= 11 is 1.46. The lowest BCUT2D eigenvalue weighted by molar-refractivity contribution is -0.125. The zero-order valence-corrected chi connectivity index (χ0v) is 12.3. The number of rotatable bonds is 6. The summed E-state index contributed by atoms with van der Waals surface area (Å²) < 4.78 is 0. The minimum absolute atomic E-state index is 0.0332. The zero-order valence-electron chi connectivity index (χ0n) is 11.5. The normalized spacial score (nSPS) is 10.3. The third kappa shape index (κ3) is 6.86. The molecule has 5 heteroatoms. The number of amides is 2. The van der Waals surface area contributed by atoms with Gasteiger partial charge in [0.15, 0.2) is 0 Å². The van der Waals surface area contributed by atoms with Crippen molar-refractivity contribution < 1.29 is 9.59 Å². The first kappa shape index (κ1) is 15.6. The molecule has 0 heterocycles. The molecule has 1 aromatic carbocycles. The molecule has 0 spiro atoms. The van der Waals surface area contributed by atoms with E-state index in [1.807, 2.05) is 45.0 Å².